The summed E-state index contributed by atoms with van der Waals surface area (Å²) in [5.74, 6) is 1.30. The topological polar surface area (TPSA) is 54.4 Å². The summed E-state index contributed by atoms with van der Waals surface area (Å²) >= 11 is 0. The molecule has 3 nitrogen and oxygen atoms in total. The molecule has 4 aliphatic rings. The molecule has 1 N–H and O–H groups in total. The van der Waals surface area contributed by atoms with Crippen LogP contribution in [0.25, 0.3) is 0 Å². The summed E-state index contributed by atoms with van der Waals surface area (Å²) in [5.41, 5.74) is 1.99. The summed E-state index contributed by atoms with van der Waals surface area (Å²) in [6, 6.07) is 0. The maximum atomic E-state index is 12.8. The minimum absolute atomic E-state index is 0.00221. The van der Waals surface area contributed by atoms with Crippen molar-refractivity contribution in [3.8, 4) is 0 Å². The predicted molar refractivity (Wildman–Crippen MR) is 101 cm³/mol. The third-order valence-electron chi connectivity index (χ3n) is 8.84. The van der Waals surface area contributed by atoms with Crippen LogP contribution in [0.15, 0.2) is 35.5 Å². The van der Waals surface area contributed by atoms with E-state index in [1.807, 2.05) is 6.08 Å². The van der Waals surface area contributed by atoms with E-state index in [0.717, 1.165) is 25.7 Å². The quantitative estimate of drug-likeness (QED) is 0.762. The van der Waals surface area contributed by atoms with E-state index >= 15 is 0 Å². The molecule has 0 heterocycles. The number of allylic oxidation sites excluding steroid dienone is 6. The average Bonchev–Trinajstić information content (AvgIpc) is 2.83. The standard InChI is InChI=1S/C23H30O3/c1-14-11-19-17-6-5-15-12-16(25)7-9-21(15,2)18(17)8-10-22(19,3)23(14,4)20(26)13-24/h7-9,12,14,17,19,24H,5-6,10-11,13H2,1-4H3/t14?,17-,19+,21+,22+,23-/m1/s1. The van der Waals surface area contributed by atoms with Crippen LogP contribution in [0.4, 0.5) is 0 Å². The Morgan fingerprint density at radius 2 is 2.04 bits per heavy atom. The molecule has 0 aromatic heterocycles. The Morgan fingerprint density at radius 1 is 1.31 bits per heavy atom. The zero-order chi connectivity index (χ0) is 18.9. The lowest BCUT2D eigenvalue weighted by Gasteiger charge is -2.54. The first-order valence-corrected chi connectivity index (χ1v) is 9.97. The highest BCUT2D eigenvalue weighted by Gasteiger charge is 2.65. The lowest BCUT2D eigenvalue weighted by Crippen LogP contribution is -2.50. The van der Waals surface area contributed by atoms with Crippen molar-refractivity contribution in [1.82, 2.24) is 0 Å². The molecule has 0 aromatic carbocycles. The molecule has 26 heavy (non-hydrogen) atoms. The minimum Gasteiger partial charge on any atom is -0.389 e. The molecule has 4 rings (SSSR count). The van der Waals surface area contributed by atoms with Crippen molar-refractivity contribution in [1.29, 1.82) is 0 Å². The van der Waals surface area contributed by atoms with Gasteiger partial charge in [0.05, 0.1) is 0 Å². The van der Waals surface area contributed by atoms with Crippen molar-refractivity contribution >= 4 is 11.6 Å². The molecule has 3 heteroatoms. The van der Waals surface area contributed by atoms with Crippen LogP contribution in [0, 0.1) is 34.0 Å². The maximum absolute atomic E-state index is 12.8. The Morgan fingerprint density at radius 3 is 2.73 bits per heavy atom. The highest BCUT2D eigenvalue weighted by atomic mass is 16.3. The zero-order valence-electron chi connectivity index (χ0n) is 16.3. The monoisotopic (exact) mass is 354 g/mol. The van der Waals surface area contributed by atoms with E-state index in [4.69, 9.17) is 0 Å². The molecular formula is C23H30O3. The smallest absolute Gasteiger partial charge is 0.178 e. The van der Waals surface area contributed by atoms with Gasteiger partial charge in [0.15, 0.2) is 11.6 Å². The van der Waals surface area contributed by atoms with Crippen LogP contribution < -0.4 is 0 Å². The summed E-state index contributed by atoms with van der Waals surface area (Å²) in [7, 11) is 0. The van der Waals surface area contributed by atoms with Gasteiger partial charge in [-0.1, -0.05) is 44.1 Å². The third-order valence-corrected chi connectivity index (χ3v) is 8.84. The molecule has 2 fully saturated rings. The fourth-order valence-electron chi connectivity index (χ4n) is 6.85. The van der Waals surface area contributed by atoms with Crippen molar-refractivity contribution in [2.24, 2.45) is 34.0 Å². The Labute approximate surface area is 156 Å². The largest absolute Gasteiger partial charge is 0.389 e. The molecule has 0 spiro atoms. The van der Waals surface area contributed by atoms with Gasteiger partial charge < -0.3 is 5.11 Å². The van der Waals surface area contributed by atoms with Crippen molar-refractivity contribution in [3.05, 3.63) is 35.5 Å². The van der Waals surface area contributed by atoms with Gasteiger partial charge in [-0.25, -0.2) is 0 Å². The van der Waals surface area contributed by atoms with E-state index in [1.54, 1.807) is 6.08 Å². The van der Waals surface area contributed by atoms with E-state index in [2.05, 4.69) is 39.8 Å². The number of aliphatic hydroxyl groups is 1. The second-order valence-corrected chi connectivity index (χ2v) is 9.56. The van der Waals surface area contributed by atoms with Crippen LogP contribution in [0.3, 0.4) is 0 Å². The van der Waals surface area contributed by atoms with Crippen LogP contribution >= 0.6 is 0 Å². The first-order chi connectivity index (χ1) is 12.2. The Bertz CT molecular complexity index is 772. The molecule has 0 bridgehead atoms. The fourth-order valence-corrected chi connectivity index (χ4v) is 6.85. The molecule has 6 atom stereocenters. The molecule has 2 saturated carbocycles. The van der Waals surface area contributed by atoms with E-state index in [1.165, 1.54) is 11.1 Å². The Hall–Kier alpha value is -1.48. The number of Topliss-reactive ketones (excluding diaryl/α,β-unsaturated/α-hetero) is 1. The van der Waals surface area contributed by atoms with Gasteiger partial charge in [-0.3, -0.25) is 9.59 Å². The Balaban J connectivity index is 1.79. The lowest BCUT2D eigenvalue weighted by molar-refractivity contribution is -0.141. The first-order valence-electron chi connectivity index (χ1n) is 9.97. The number of ketones is 2. The second-order valence-electron chi connectivity index (χ2n) is 9.56. The molecule has 0 saturated heterocycles. The van der Waals surface area contributed by atoms with E-state index in [-0.39, 0.29) is 34.9 Å². The molecule has 140 valence electrons. The summed E-state index contributed by atoms with van der Waals surface area (Å²) in [4.78, 5) is 24.6. The van der Waals surface area contributed by atoms with Gasteiger partial charge in [-0.2, -0.15) is 0 Å². The van der Waals surface area contributed by atoms with Crippen LogP contribution in [0.5, 0.6) is 0 Å². The van der Waals surface area contributed by atoms with Gasteiger partial charge in [0.2, 0.25) is 0 Å². The number of carbonyl (C=O) groups is 2. The number of hydrogen-bond donors (Lipinski definition) is 1. The van der Waals surface area contributed by atoms with E-state index in [9.17, 15) is 14.7 Å². The molecule has 4 aliphatic carbocycles. The van der Waals surface area contributed by atoms with Crippen LogP contribution in [-0.4, -0.2) is 23.3 Å². The Kier molecular flexibility index (Phi) is 3.80. The highest BCUT2D eigenvalue weighted by molar-refractivity contribution is 6.01. The number of carbonyl (C=O) groups excluding carboxylic acids is 2. The summed E-state index contributed by atoms with van der Waals surface area (Å²) < 4.78 is 0. The fraction of sp³-hybridized carbons (Fsp3) is 0.652. The van der Waals surface area contributed by atoms with Crippen molar-refractivity contribution in [3.63, 3.8) is 0 Å². The van der Waals surface area contributed by atoms with Gasteiger partial charge in [-0.05, 0) is 67.9 Å². The van der Waals surface area contributed by atoms with Crippen LogP contribution in [-0.2, 0) is 9.59 Å². The van der Waals surface area contributed by atoms with Gasteiger partial charge in [0.25, 0.3) is 0 Å². The number of hydrogen-bond acceptors (Lipinski definition) is 3. The number of rotatable bonds is 2. The first kappa shape index (κ1) is 17.9. The maximum Gasteiger partial charge on any atom is 0.178 e. The molecule has 0 aromatic rings. The molecular weight excluding hydrogens is 324 g/mol. The zero-order valence-corrected chi connectivity index (χ0v) is 16.3. The molecule has 0 aliphatic heterocycles. The van der Waals surface area contributed by atoms with E-state index < -0.39 is 5.41 Å². The van der Waals surface area contributed by atoms with Crippen molar-refractivity contribution in [2.45, 2.75) is 53.4 Å². The molecule has 1 unspecified atom stereocenters. The highest BCUT2D eigenvalue weighted by Crippen LogP contribution is 2.69. The van der Waals surface area contributed by atoms with Crippen LogP contribution in [0.2, 0.25) is 0 Å². The minimum atomic E-state index is -0.468. The van der Waals surface area contributed by atoms with Crippen molar-refractivity contribution in [2.75, 3.05) is 6.61 Å². The van der Waals surface area contributed by atoms with Gasteiger partial charge in [-0.15, -0.1) is 0 Å². The van der Waals surface area contributed by atoms with E-state index in [0.29, 0.717) is 11.8 Å². The van der Waals surface area contributed by atoms with Gasteiger partial charge in [0.1, 0.15) is 6.61 Å². The predicted octanol–water partition coefficient (Wildman–Crippen LogP) is 4.03. The third kappa shape index (κ3) is 1.98. The van der Waals surface area contributed by atoms with Crippen molar-refractivity contribution < 1.29 is 14.7 Å². The normalized spacial score (nSPS) is 46.8. The summed E-state index contributed by atoms with van der Waals surface area (Å²) in [6.45, 7) is 8.44. The van der Waals surface area contributed by atoms with Crippen LogP contribution in [0.1, 0.15) is 53.4 Å². The summed E-state index contributed by atoms with van der Waals surface area (Å²) in [5, 5.41) is 9.62. The van der Waals surface area contributed by atoms with Gasteiger partial charge in [0, 0.05) is 10.8 Å². The number of aliphatic hydroxyl groups excluding tert-OH is 1. The lowest BCUT2D eigenvalue weighted by atomic mass is 9.49. The second kappa shape index (κ2) is 5.51. The number of fused-ring (bicyclic) bond motifs is 5. The van der Waals surface area contributed by atoms with Gasteiger partial charge >= 0.3 is 0 Å². The SMILES string of the molecule is CC1C[C@H]2[C@@H]3CCC4=CC(=O)C=C[C@]4(C)C3=CC[C@]2(C)[C@@]1(C)C(=O)CO. The molecule has 0 radical (unpaired) electrons. The summed E-state index contributed by atoms with van der Waals surface area (Å²) in [6.07, 6.45) is 12.0. The average molecular weight is 354 g/mol. The molecule has 0 amide bonds.